The summed E-state index contributed by atoms with van der Waals surface area (Å²) in [6.07, 6.45) is 7.24. The average molecular weight is 439 g/mol. The summed E-state index contributed by atoms with van der Waals surface area (Å²) in [6.45, 7) is 2.23. The quantitative estimate of drug-likeness (QED) is 0.375. The smallest absolute Gasteiger partial charge is 0.201 e. The Morgan fingerprint density at radius 3 is 2.00 bits per heavy atom. The van der Waals surface area contributed by atoms with Crippen LogP contribution in [0.15, 0.2) is 54.6 Å². The molecule has 1 nitrogen and oxygen atoms in total. The van der Waals surface area contributed by atoms with E-state index in [1.54, 1.807) is 30.3 Å². The molecule has 0 spiro atoms. The molecule has 3 aromatic carbocycles. The van der Waals surface area contributed by atoms with Crippen molar-refractivity contribution in [1.82, 2.24) is 0 Å². The van der Waals surface area contributed by atoms with Crippen LogP contribution < -0.4 is 4.74 Å². The van der Waals surface area contributed by atoms with Crippen molar-refractivity contribution in [3.63, 3.8) is 0 Å². The Bertz CT molecular complexity index is 1070. The summed E-state index contributed by atoms with van der Waals surface area (Å²) in [5.41, 5.74) is 2.96. The van der Waals surface area contributed by atoms with Gasteiger partial charge < -0.3 is 4.74 Å². The first-order valence-electron chi connectivity index (χ1n) is 11.4. The molecular formula is C28H29F3O. The zero-order valence-corrected chi connectivity index (χ0v) is 18.6. The Balaban J connectivity index is 1.52. The number of halogens is 3. The summed E-state index contributed by atoms with van der Waals surface area (Å²) >= 11 is 0. The van der Waals surface area contributed by atoms with Crippen LogP contribution in [0.2, 0.25) is 0 Å². The second-order valence-corrected chi connectivity index (χ2v) is 8.77. The van der Waals surface area contributed by atoms with Gasteiger partial charge in [-0.25, -0.2) is 8.78 Å². The number of hydrogen-bond acceptors (Lipinski definition) is 1. The van der Waals surface area contributed by atoms with Crippen molar-refractivity contribution in [3.05, 3.63) is 77.6 Å². The second-order valence-electron chi connectivity index (χ2n) is 8.77. The van der Waals surface area contributed by atoms with E-state index in [1.807, 2.05) is 12.1 Å². The number of methoxy groups -OCH3 is 1. The van der Waals surface area contributed by atoms with Gasteiger partial charge in [0.15, 0.2) is 11.6 Å². The summed E-state index contributed by atoms with van der Waals surface area (Å²) in [5.74, 6) is -1.10. The van der Waals surface area contributed by atoms with Crippen LogP contribution in [-0.2, 0) is 0 Å². The normalized spacial score (nSPS) is 18.5. The third-order valence-corrected chi connectivity index (χ3v) is 6.78. The van der Waals surface area contributed by atoms with Gasteiger partial charge in [0.05, 0.1) is 7.11 Å². The molecule has 0 heterocycles. The molecule has 4 rings (SSSR count). The molecule has 0 aliphatic heterocycles. The third kappa shape index (κ3) is 4.55. The van der Waals surface area contributed by atoms with Gasteiger partial charge in [0.1, 0.15) is 5.82 Å². The summed E-state index contributed by atoms with van der Waals surface area (Å²) in [5, 5.41) is 0. The molecule has 0 amide bonds. The molecule has 0 aromatic heterocycles. The fourth-order valence-corrected chi connectivity index (χ4v) is 4.95. The minimum Gasteiger partial charge on any atom is -0.494 e. The zero-order chi connectivity index (χ0) is 22.7. The Morgan fingerprint density at radius 2 is 1.41 bits per heavy atom. The van der Waals surface area contributed by atoms with Crippen LogP contribution in [0, 0.1) is 23.4 Å². The van der Waals surface area contributed by atoms with Gasteiger partial charge in [-0.2, -0.15) is 4.39 Å². The van der Waals surface area contributed by atoms with Crippen molar-refractivity contribution in [3.8, 4) is 28.0 Å². The summed E-state index contributed by atoms with van der Waals surface area (Å²) < 4.78 is 48.3. The zero-order valence-electron chi connectivity index (χ0n) is 18.6. The van der Waals surface area contributed by atoms with E-state index in [1.165, 1.54) is 44.9 Å². The highest BCUT2D eigenvalue weighted by atomic mass is 19.2. The van der Waals surface area contributed by atoms with E-state index in [2.05, 4.69) is 6.92 Å². The van der Waals surface area contributed by atoms with Crippen LogP contribution in [0.4, 0.5) is 13.2 Å². The maximum atomic E-state index is 15.0. The molecule has 3 aromatic rings. The van der Waals surface area contributed by atoms with Crippen LogP contribution in [-0.4, -0.2) is 7.11 Å². The highest BCUT2D eigenvalue weighted by Gasteiger charge is 2.23. The Morgan fingerprint density at radius 1 is 0.781 bits per heavy atom. The van der Waals surface area contributed by atoms with E-state index in [9.17, 15) is 13.2 Å². The molecule has 4 heteroatoms. The SMILES string of the molecule is CCCC1CCC(c2ccc(-c3ccc(-c4ccc(OC)c(F)c4F)cc3)c(F)c2)CC1. The lowest BCUT2D eigenvalue weighted by molar-refractivity contribution is 0.308. The molecule has 168 valence electrons. The summed E-state index contributed by atoms with van der Waals surface area (Å²) in [4.78, 5) is 0. The van der Waals surface area contributed by atoms with Crippen molar-refractivity contribution in [2.24, 2.45) is 5.92 Å². The molecular weight excluding hydrogens is 409 g/mol. The fraction of sp³-hybridized carbons (Fsp3) is 0.357. The number of benzene rings is 3. The standard InChI is InChI=1S/C28H29F3O/c1-3-4-18-5-7-19(8-6-18)22-13-14-23(25(29)17-22)20-9-11-21(12-10-20)24-15-16-26(32-2)28(31)27(24)30/h9-19H,3-8H2,1-2H3. The van der Waals surface area contributed by atoms with Crippen molar-refractivity contribution >= 4 is 0 Å². The molecule has 0 atom stereocenters. The van der Waals surface area contributed by atoms with Gasteiger partial charge in [0.2, 0.25) is 5.82 Å². The first-order chi connectivity index (χ1) is 15.5. The van der Waals surface area contributed by atoms with Crippen LogP contribution in [0.3, 0.4) is 0 Å². The van der Waals surface area contributed by atoms with Gasteiger partial charge in [-0.1, -0.05) is 56.2 Å². The lowest BCUT2D eigenvalue weighted by atomic mass is 9.77. The van der Waals surface area contributed by atoms with E-state index in [-0.39, 0.29) is 17.1 Å². The predicted octanol–water partition coefficient (Wildman–Crippen LogP) is 8.52. The van der Waals surface area contributed by atoms with Gasteiger partial charge >= 0.3 is 0 Å². The molecule has 0 saturated heterocycles. The van der Waals surface area contributed by atoms with Crippen molar-refractivity contribution < 1.29 is 17.9 Å². The fourth-order valence-electron chi connectivity index (χ4n) is 4.95. The Hall–Kier alpha value is -2.75. The van der Waals surface area contributed by atoms with E-state index in [4.69, 9.17) is 4.74 Å². The number of rotatable bonds is 6. The monoisotopic (exact) mass is 438 g/mol. The van der Waals surface area contributed by atoms with Crippen molar-refractivity contribution in [2.75, 3.05) is 7.11 Å². The van der Waals surface area contributed by atoms with Gasteiger partial charge in [0.25, 0.3) is 0 Å². The molecule has 0 bridgehead atoms. The third-order valence-electron chi connectivity index (χ3n) is 6.78. The maximum absolute atomic E-state index is 15.0. The van der Waals surface area contributed by atoms with E-state index in [0.717, 1.165) is 24.3 Å². The summed E-state index contributed by atoms with van der Waals surface area (Å²) in [7, 11) is 1.30. The van der Waals surface area contributed by atoms with Crippen LogP contribution in [0.5, 0.6) is 5.75 Å². The second kappa shape index (κ2) is 9.81. The molecule has 1 aliphatic carbocycles. The predicted molar refractivity (Wildman–Crippen MR) is 123 cm³/mol. The lowest BCUT2D eigenvalue weighted by Gasteiger charge is -2.28. The van der Waals surface area contributed by atoms with Crippen molar-refractivity contribution in [2.45, 2.75) is 51.4 Å². The topological polar surface area (TPSA) is 9.23 Å². The molecule has 0 unspecified atom stereocenters. The van der Waals surface area contributed by atoms with E-state index < -0.39 is 11.6 Å². The molecule has 1 saturated carbocycles. The van der Waals surface area contributed by atoms with Crippen LogP contribution >= 0.6 is 0 Å². The van der Waals surface area contributed by atoms with Gasteiger partial charge in [0, 0.05) is 11.1 Å². The first-order valence-corrected chi connectivity index (χ1v) is 11.4. The van der Waals surface area contributed by atoms with Gasteiger partial charge in [-0.3, -0.25) is 0 Å². The van der Waals surface area contributed by atoms with Crippen LogP contribution in [0.1, 0.15) is 56.9 Å². The molecule has 1 aliphatic rings. The van der Waals surface area contributed by atoms with Gasteiger partial charge in [-0.15, -0.1) is 0 Å². The Labute approximate surface area is 188 Å². The lowest BCUT2D eigenvalue weighted by Crippen LogP contribution is -2.13. The van der Waals surface area contributed by atoms with Crippen LogP contribution in [0.25, 0.3) is 22.3 Å². The molecule has 0 radical (unpaired) electrons. The Kier molecular flexibility index (Phi) is 6.88. The highest BCUT2D eigenvalue weighted by molar-refractivity contribution is 5.71. The minimum atomic E-state index is -1.01. The number of hydrogen-bond donors (Lipinski definition) is 0. The average Bonchev–Trinajstić information content (AvgIpc) is 2.82. The van der Waals surface area contributed by atoms with Crippen molar-refractivity contribution in [1.29, 1.82) is 0 Å². The van der Waals surface area contributed by atoms with Gasteiger partial charge in [-0.05, 0) is 72.4 Å². The number of ether oxygens (including phenoxy) is 1. The maximum Gasteiger partial charge on any atom is 0.201 e. The minimum absolute atomic E-state index is 0.135. The molecule has 32 heavy (non-hydrogen) atoms. The molecule has 1 fully saturated rings. The summed E-state index contributed by atoms with van der Waals surface area (Å²) in [6, 6.07) is 15.3. The largest absolute Gasteiger partial charge is 0.494 e. The van der Waals surface area contributed by atoms with E-state index in [0.29, 0.717) is 22.6 Å². The highest BCUT2D eigenvalue weighted by Crippen LogP contribution is 2.39. The first kappa shape index (κ1) is 22.4. The molecule has 0 N–H and O–H groups in total. The van der Waals surface area contributed by atoms with E-state index >= 15 is 0 Å².